The number of rotatable bonds is 4. The van der Waals surface area contributed by atoms with E-state index in [1.165, 1.54) is 16.7 Å². The molecule has 0 amide bonds. The number of thiophene rings is 1. The van der Waals surface area contributed by atoms with Gasteiger partial charge in [-0.05, 0) is 58.2 Å². The minimum absolute atomic E-state index is 0.0464. The second kappa shape index (κ2) is 6.73. The van der Waals surface area contributed by atoms with Crippen molar-refractivity contribution in [3.05, 3.63) is 61.5 Å². The molecule has 3 aromatic rings. The standard InChI is InChI=1S/C20H25N3OS/c1-10-7-8-11(2)16(9-10)13(4)21-14(5)18-22-19(24)17-12(3)15(6)25-20(17)23-18/h7-9,13-14,21H,1-6H3,(H,22,23,24)/t13-,14+/m0/s1. The molecule has 0 fully saturated rings. The van der Waals surface area contributed by atoms with Crippen LogP contribution in [0.2, 0.25) is 0 Å². The maximum absolute atomic E-state index is 12.5. The van der Waals surface area contributed by atoms with Crippen LogP contribution in [0.4, 0.5) is 0 Å². The van der Waals surface area contributed by atoms with Crippen LogP contribution in [0.15, 0.2) is 23.0 Å². The summed E-state index contributed by atoms with van der Waals surface area (Å²) in [6.45, 7) is 12.4. The zero-order valence-electron chi connectivity index (χ0n) is 15.7. The molecule has 0 radical (unpaired) electrons. The summed E-state index contributed by atoms with van der Waals surface area (Å²) in [5.74, 6) is 0.691. The van der Waals surface area contributed by atoms with E-state index in [1.807, 2.05) is 20.8 Å². The van der Waals surface area contributed by atoms with Gasteiger partial charge in [0, 0.05) is 10.9 Å². The Morgan fingerprint density at radius 2 is 1.84 bits per heavy atom. The van der Waals surface area contributed by atoms with Crippen molar-refractivity contribution < 1.29 is 0 Å². The van der Waals surface area contributed by atoms with Crippen LogP contribution in [0.5, 0.6) is 0 Å². The molecular weight excluding hydrogens is 330 g/mol. The number of benzene rings is 1. The van der Waals surface area contributed by atoms with Gasteiger partial charge in [0.2, 0.25) is 0 Å². The largest absolute Gasteiger partial charge is 0.309 e. The molecular formula is C20H25N3OS. The van der Waals surface area contributed by atoms with E-state index in [4.69, 9.17) is 4.98 Å². The lowest BCUT2D eigenvalue weighted by Gasteiger charge is -2.21. The average Bonchev–Trinajstić information content (AvgIpc) is 2.84. The van der Waals surface area contributed by atoms with Gasteiger partial charge in [0.25, 0.3) is 5.56 Å². The van der Waals surface area contributed by atoms with E-state index in [-0.39, 0.29) is 17.6 Å². The van der Waals surface area contributed by atoms with Crippen molar-refractivity contribution >= 4 is 21.6 Å². The lowest BCUT2D eigenvalue weighted by Crippen LogP contribution is -2.26. The number of hydrogen-bond donors (Lipinski definition) is 2. The van der Waals surface area contributed by atoms with Crippen molar-refractivity contribution in [2.45, 2.75) is 53.6 Å². The fraction of sp³-hybridized carbons (Fsp3) is 0.400. The first-order valence-electron chi connectivity index (χ1n) is 8.61. The van der Waals surface area contributed by atoms with Crippen molar-refractivity contribution in [1.82, 2.24) is 15.3 Å². The number of hydrogen-bond acceptors (Lipinski definition) is 4. The molecule has 0 saturated carbocycles. The van der Waals surface area contributed by atoms with Gasteiger partial charge in [-0.2, -0.15) is 0 Å². The highest BCUT2D eigenvalue weighted by molar-refractivity contribution is 7.18. The van der Waals surface area contributed by atoms with E-state index in [0.29, 0.717) is 5.82 Å². The molecule has 2 atom stereocenters. The van der Waals surface area contributed by atoms with Gasteiger partial charge in [-0.1, -0.05) is 23.8 Å². The second-order valence-electron chi connectivity index (χ2n) is 6.88. The Hall–Kier alpha value is -1.98. The van der Waals surface area contributed by atoms with Crippen LogP contribution in [0.3, 0.4) is 0 Å². The molecule has 0 unspecified atom stereocenters. The SMILES string of the molecule is Cc1ccc(C)c([C@H](C)N[C@H](C)c2nc3sc(C)c(C)c3c(=O)[nH]2)c1. The first kappa shape index (κ1) is 17.8. The van der Waals surface area contributed by atoms with Gasteiger partial charge in [-0.15, -0.1) is 11.3 Å². The third kappa shape index (κ3) is 3.39. The molecule has 5 heteroatoms. The van der Waals surface area contributed by atoms with E-state index >= 15 is 0 Å². The lowest BCUT2D eigenvalue weighted by molar-refractivity contribution is 0.475. The van der Waals surface area contributed by atoms with Crippen LogP contribution >= 0.6 is 11.3 Å². The fourth-order valence-corrected chi connectivity index (χ4v) is 4.28. The molecule has 25 heavy (non-hydrogen) atoms. The Kier molecular flexibility index (Phi) is 4.80. The Labute approximate surface area is 152 Å². The van der Waals surface area contributed by atoms with E-state index in [2.05, 4.69) is 49.3 Å². The topological polar surface area (TPSA) is 57.8 Å². The predicted molar refractivity (Wildman–Crippen MR) is 106 cm³/mol. The highest BCUT2D eigenvalue weighted by atomic mass is 32.1. The molecule has 0 spiro atoms. The Bertz CT molecular complexity index is 987. The number of nitrogens with zero attached hydrogens (tertiary/aromatic N) is 1. The maximum Gasteiger partial charge on any atom is 0.259 e. The molecule has 0 aliphatic carbocycles. The predicted octanol–water partition coefficient (Wildman–Crippen LogP) is 4.63. The van der Waals surface area contributed by atoms with E-state index in [0.717, 1.165) is 20.7 Å². The molecule has 0 aliphatic heterocycles. The maximum atomic E-state index is 12.5. The van der Waals surface area contributed by atoms with Crippen molar-refractivity contribution in [3.63, 3.8) is 0 Å². The Balaban J connectivity index is 1.90. The zero-order valence-corrected chi connectivity index (χ0v) is 16.5. The van der Waals surface area contributed by atoms with Crippen LogP contribution in [-0.4, -0.2) is 9.97 Å². The molecule has 2 aromatic heterocycles. The molecule has 4 nitrogen and oxygen atoms in total. The number of aromatic amines is 1. The third-order valence-corrected chi connectivity index (χ3v) is 5.97. The smallest absolute Gasteiger partial charge is 0.259 e. The quantitative estimate of drug-likeness (QED) is 0.717. The van der Waals surface area contributed by atoms with E-state index in [1.54, 1.807) is 11.3 Å². The number of H-pyrrole nitrogens is 1. The molecule has 0 bridgehead atoms. The van der Waals surface area contributed by atoms with E-state index in [9.17, 15) is 4.79 Å². The van der Waals surface area contributed by atoms with Gasteiger partial charge in [0.05, 0.1) is 11.4 Å². The van der Waals surface area contributed by atoms with Crippen molar-refractivity contribution in [3.8, 4) is 0 Å². The summed E-state index contributed by atoms with van der Waals surface area (Å²) < 4.78 is 0. The lowest BCUT2D eigenvalue weighted by atomic mass is 9.99. The summed E-state index contributed by atoms with van der Waals surface area (Å²) in [5, 5.41) is 4.29. The summed E-state index contributed by atoms with van der Waals surface area (Å²) >= 11 is 1.59. The molecule has 0 aliphatic rings. The fourth-order valence-electron chi connectivity index (χ4n) is 3.25. The number of aromatic nitrogens is 2. The number of fused-ring (bicyclic) bond motifs is 1. The van der Waals surface area contributed by atoms with Gasteiger partial charge >= 0.3 is 0 Å². The Morgan fingerprint density at radius 1 is 1.12 bits per heavy atom. The monoisotopic (exact) mass is 355 g/mol. The summed E-state index contributed by atoms with van der Waals surface area (Å²) in [5.41, 5.74) is 4.77. The van der Waals surface area contributed by atoms with Crippen LogP contribution in [0.25, 0.3) is 10.2 Å². The van der Waals surface area contributed by atoms with Crippen LogP contribution in [0.1, 0.15) is 58.9 Å². The minimum atomic E-state index is -0.0466. The van der Waals surface area contributed by atoms with Crippen LogP contribution in [-0.2, 0) is 0 Å². The molecule has 0 saturated heterocycles. The first-order chi connectivity index (χ1) is 11.8. The van der Waals surface area contributed by atoms with Crippen molar-refractivity contribution in [2.24, 2.45) is 0 Å². The summed E-state index contributed by atoms with van der Waals surface area (Å²) in [6, 6.07) is 6.61. The summed E-state index contributed by atoms with van der Waals surface area (Å²) in [4.78, 5) is 22.1. The average molecular weight is 356 g/mol. The normalized spacial score (nSPS) is 14.0. The highest BCUT2D eigenvalue weighted by Gasteiger charge is 2.18. The zero-order chi connectivity index (χ0) is 18.3. The van der Waals surface area contributed by atoms with Crippen LogP contribution in [0, 0.1) is 27.7 Å². The number of nitrogens with one attached hydrogen (secondary N) is 2. The molecule has 1 aromatic carbocycles. The summed E-state index contributed by atoms with van der Waals surface area (Å²) in [6.07, 6.45) is 0. The van der Waals surface area contributed by atoms with E-state index < -0.39 is 0 Å². The van der Waals surface area contributed by atoms with Gasteiger partial charge < -0.3 is 10.3 Å². The highest BCUT2D eigenvalue weighted by Crippen LogP contribution is 2.27. The van der Waals surface area contributed by atoms with Gasteiger partial charge in [0.15, 0.2) is 0 Å². The Morgan fingerprint density at radius 3 is 2.56 bits per heavy atom. The third-order valence-electron chi connectivity index (χ3n) is 4.87. The van der Waals surface area contributed by atoms with Crippen molar-refractivity contribution in [1.29, 1.82) is 0 Å². The van der Waals surface area contributed by atoms with Crippen molar-refractivity contribution in [2.75, 3.05) is 0 Å². The van der Waals surface area contributed by atoms with Gasteiger partial charge in [-0.25, -0.2) is 4.98 Å². The van der Waals surface area contributed by atoms with Gasteiger partial charge in [-0.3, -0.25) is 4.79 Å². The minimum Gasteiger partial charge on any atom is -0.309 e. The molecule has 3 rings (SSSR count). The molecule has 132 valence electrons. The second-order valence-corrected chi connectivity index (χ2v) is 8.09. The van der Waals surface area contributed by atoms with Gasteiger partial charge in [0.1, 0.15) is 10.7 Å². The van der Waals surface area contributed by atoms with Crippen LogP contribution < -0.4 is 10.9 Å². The molecule has 2 N–H and O–H groups in total. The summed E-state index contributed by atoms with van der Waals surface area (Å²) in [7, 11) is 0. The number of aryl methyl sites for hydroxylation is 4. The first-order valence-corrected chi connectivity index (χ1v) is 9.42. The molecule has 2 heterocycles.